The molecule has 1 aliphatic heterocycles. The van der Waals surface area contributed by atoms with E-state index in [0.717, 1.165) is 17.4 Å². The fourth-order valence-corrected chi connectivity index (χ4v) is 5.07. The average molecular weight is 293 g/mol. The van der Waals surface area contributed by atoms with Gasteiger partial charge in [0, 0.05) is 12.6 Å². The van der Waals surface area contributed by atoms with Crippen molar-refractivity contribution in [3.8, 4) is 0 Å². The van der Waals surface area contributed by atoms with Crippen molar-refractivity contribution in [3.05, 3.63) is 0 Å². The van der Waals surface area contributed by atoms with Crippen molar-refractivity contribution in [1.82, 2.24) is 10.2 Å². The molecule has 3 fully saturated rings. The molecule has 0 radical (unpaired) electrons. The van der Waals surface area contributed by atoms with Crippen LogP contribution in [0.4, 0.5) is 0 Å². The van der Waals surface area contributed by atoms with Crippen molar-refractivity contribution in [2.24, 2.45) is 11.3 Å². The van der Waals surface area contributed by atoms with Crippen LogP contribution >= 0.6 is 0 Å². The quantitative estimate of drug-likeness (QED) is 0.817. The summed E-state index contributed by atoms with van der Waals surface area (Å²) in [7, 11) is 0. The molecule has 1 N–H and O–H groups in total. The molecule has 1 atom stereocenters. The van der Waals surface area contributed by atoms with Crippen LogP contribution in [0.25, 0.3) is 0 Å². The molecule has 0 aromatic rings. The average Bonchev–Trinajstić information content (AvgIpc) is 2.96. The van der Waals surface area contributed by atoms with E-state index < -0.39 is 0 Å². The largest absolute Gasteiger partial charge is 0.314 e. The van der Waals surface area contributed by atoms with Crippen molar-refractivity contribution in [1.29, 1.82) is 0 Å². The van der Waals surface area contributed by atoms with E-state index in [-0.39, 0.29) is 0 Å². The monoisotopic (exact) mass is 292 g/mol. The third-order valence-corrected chi connectivity index (χ3v) is 6.48. The zero-order chi connectivity index (χ0) is 14.5. The Balaban J connectivity index is 1.32. The lowest BCUT2D eigenvalue weighted by molar-refractivity contribution is 0.160. The maximum absolute atomic E-state index is 3.89. The summed E-state index contributed by atoms with van der Waals surface area (Å²) in [6.07, 6.45) is 16.3. The van der Waals surface area contributed by atoms with Crippen LogP contribution in [0.3, 0.4) is 0 Å². The molecular formula is C19H36N2. The molecular weight excluding hydrogens is 256 g/mol. The van der Waals surface area contributed by atoms with Gasteiger partial charge in [-0.15, -0.1) is 0 Å². The number of rotatable bonds is 5. The minimum absolute atomic E-state index is 0.789. The standard InChI is InChI=1S/C19H36N2/c1-17(16-21-13-5-2-6-14-21)15-20-18-7-11-19(12-8-18)9-3-4-10-19/h17-18,20H,2-16H2,1H3. The van der Waals surface area contributed by atoms with E-state index >= 15 is 0 Å². The Morgan fingerprint density at radius 2 is 1.62 bits per heavy atom. The van der Waals surface area contributed by atoms with Crippen LogP contribution in [-0.2, 0) is 0 Å². The summed E-state index contributed by atoms with van der Waals surface area (Å²) in [5.41, 5.74) is 0.789. The van der Waals surface area contributed by atoms with Gasteiger partial charge in [0.15, 0.2) is 0 Å². The first kappa shape index (κ1) is 15.8. The van der Waals surface area contributed by atoms with Crippen LogP contribution in [0, 0.1) is 11.3 Å². The Morgan fingerprint density at radius 1 is 0.952 bits per heavy atom. The van der Waals surface area contributed by atoms with Crippen LogP contribution in [0.5, 0.6) is 0 Å². The van der Waals surface area contributed by atoms with Gasteiger partial charge in [0.2, 0.25) is 0 Å². The van der Waals surface area contributed by atoms with Gasteiger partial charge in [0.05, 0.1) is 0 Å². The van der Waals surface area contributed by atoms with E-state index in [2.05, 4.69) is 17.1 Å². The molecule has 122 valence electrons. The Hall–Kier alpha value is -0.0800. The predicted molar refractivity (Wildman–Crippen MR) is 90.6 cm³/mol. The molecule has 1 heterocycles. The fraction of sp³-hybridized carbons (Fsp3) is 1.00. The van der Waals surface area contributed by atoms with Gasteiger partial charge < -0.3 is 10.2 Å². The topological polar surface area (TPSA) is 15.3 Å². The second kappa shape index (κ2) is 7.46. The molecule has 2 nitrogen and oxygen atoms in total. The van der Waals surface area contributed by atoms with Gasteiger partial charge in [0.25, 0.3) is 0 Å². The minimum Gasteiger partial charge on any atom is -0.314 e. The predicted octanol–water partition coefficient (Wildman–Crippen LogP) is 4.20. The molecule has 1 spiro atoms. The lowest BCUT2D eigenvalue weighted by Gasteiger charge is -2.38. The Morgan fingerprint density at radius 3 is 2.29 bits per heavy atom. The first-order valence-electron chi connectivity index (χ1n) is 9.72. The van der Waals surface area contributed by atoms with Crippen molar-refractivity contribution in [2.45, 2.75) is 83.6 Å². The molecule has 3 aliphatic rings. The van der Waals surface area contributed by atoms with Gasteiger partial charge >= 0.3 is 0 Å². The molecule has 2 saturated carbocycles. The Kier molecular flexibility index (Phi) is 5.61. The summed E-state index contributed by atoms with van der Waals surface area (Å²) in [6, 6.07) is 0.819. The highest BCUT2D eigenvalue weighted by molar-refractivity contribution is 4.91. The lowest BCUT2D eigenvalue weighted by atomic mass is 9.71. The second-order valence-electron chi connectivity index (χ2n) is 8.36. The van der Waals surface area contributed by atoms with Gasteiger partial charge in [-0.25, -0.2) is 0 Å². The van der Waals surface area contributed by atoms with E-state index in [1.165, 1.54) is 96.8 Å². The van der Waals surface area contributed by atoms with Crippen molar-refractivity contribution in [2.75, 3.05) is 26.2 Å². The number of nitrogens with zero attached hydrogens (tertiary/aromatic N) is 1. The number of likely N-dealkylation sites (tertiary alicyclic amines) is 1. The van der Waals surface area contributed by atoms with E-state index in [9.17, 15) is 0 Å². The van der Waals surface area contributed by atoms with E-state index in [1.807, 2.05) is 0 Å². The fourth-order valence-electron chi connectivity index (χ4n) is 5.07. The zero-order valence-corrected chi connectivity index (χ0v) is 14.2. The van der Waals surface area contributed by atoms with Crippen LogP contribution in [0.2, 0.25) is 0 Å². The highest BCUT2D eigenvalue weighted by atomic mass is 15.1. The van der Waals surface area contributed by atoms with Gasteiger partial charge in [-0.2, -0.15) is 0 Å². The van der Waals surface area contributed by atoms with Gasteiger partial charge in [-0.1, -0.05) is 26.2 Å². The van der Waals surface area contributed by atoms with Crippen molar-refractivity contribution < 1.29 is 0 Å². The number of hydrogen-bond acceptors (Lipinski definition) is 2. The molecule has 3 rings (SSSR count). The summed E-state index contributed by atoms with van der Waals surface area (Å²) in [5.74, 6) is 0.811. The zero-order valence-electron chi connectivity index (χ0n) is 14.2. The third-order valence-electron chi connectivity index (χ3n) is 6.48. The van der Waals surface area contributed by atoms with Crippen LogP contribution in [0.1, 0.15) is 77.6 Å². The van der Waals surface area contributed by atoms with E-state index in [0.29, 0.717) is 0 Å². The van der Waals surface area contributed by atoms with Gasteiger partial charge in [0.1, 0.15) is 0 Å². The van der Waals surface area contributed by atoms with Gasteiger partial charge in [-0.05, 0) is 82.3 Å². The van der Waals surface area contributed by atoms with E-state index in [1.54, 1.807) is 0 Å². The maximum Gasteiger partial charge on any atom is 0.00675 e. The SMILES string of the molecule is CC(CNC1CCC2(CCCC2)CC1)CN1CCCCC1. The normalized spacial score (nSPS) is 29.0. The highest BCUT2D eigenvalue weighted by Gasteiger charge is 2.37. The molecule has 1 saturated heterocycles. The molecule has 21 heavy (non-hydrogen) atoms. The summed E-state index contributed by atoms with van der Waals surface area (Å²) in [6.45, 7) is 7.66. The number of hydrogen-bond donors (Lipinski definition) is 1. The van der Waals surface area contributed by atoms with Crippen LogP contribution in [-0.4, -0.2) is 37.1 Å². The maximum atomic E-state index is 3.89. The van der Waals surface area contributed by atoms with Crippen molar-refractivity contribution >= 4 is 0 Å². The number of nitrogens with one attached hydrogen (secondary N) is 1. The third kappa shape index (κ3) is 4.45. The molecule has 2 aliphatic carbocycles. The first-order chi connectivity index (χ1) is 10.3. The minimum atomic E-state index is 0.789. The molecule has 0 aromatic heterocycles. The highest BCUT2D eigenvalue weighted by Crippen LogP contribution is 2.48. The molecule has 2 heteroatoms. The van der Waals surface area contributed by atoms with Crippen molar-refractivity contribution in [3.63, 3.8) is 0 Å². The lowest BCUT2D eigenvalue weighted by Crippen LogP contribution is -2.41. The molecule has 0 aromatic carbocycles. The Bertz CT molecular complexity index is 293. The number of piperidine rings is 1. The molecule has 1 unspecified atom stereocenters. The Labute approximate surface area is 132 Å². The van der Waals surface area contributed by atoms with Gasteiger partial charge in [-0.3, -0.25) is 0 Å². The summed E-state index contributed by atoms with van der Waals surface area (Å²) in [5, 5.41) is 3.89. The summed E-state index contributed by atoms with van der Waals surface area (Å²) >= 11 is 0. The van der Waals surface area contributed by atoms with Crippen LogP contribution < -0.4 is 5.32 Å². The summed E-state index contributed by atoms with van der Waals surface area (Å²) < 4.78 is 0. The van der Waals surface area contributed by atoms with Crippen LogP contribution in [0.15, 0.2) is 0 Å². The second-order valence-corrected chi connectivity index (χ2v) is 8.36. The smallest absolute Gasteiger partial charge is 0.00675 e. The molecule has 0 bridgehead atoms. The van der Waals surface area contributed by atoms with E-state index in [4.69, 9.17) is 0 Å². The summed E-state index contributed by atoms with van der Waals surface area (Å²) in [4.78, 5) is 2.68. The first-order valence-corrected chi connectivity index (χ1v) is 9.72. The molecule has 0 amide bonds.